The van der Waals surface area contributed by atoms with E-state index >= 15 is 0 Å². The summed E-state index contributed by atoms with van der Waals surface area (Å²) < 4.78 is 16.9. The Morgan fingerprint density at radius 1 is 1.03 bits per heavy atom. The number of nitrogens with zero attached hydrogens (tertiary/aromatic N) is 4. The third kappa shape index (κ3) is 6.70. The number of hydrogen-bond donors (Lipinski definition) is 1. The van der Waals surface area contributed by atoms with E-state index < -0.39 is 17.8 Å². The highest BCUT2D eigenvalue weighted by atomic mass is 35.5. The molecule has 0 spiro atoms. The van der Waals surface area contributed by atoms with Crippen LogP contribution in [0.4, 0.5) is 5.69 Å². The maximum Gasteiger partial charge on any atom is 0.339 e. The van der Waals surface area contributed by atoms with Crippen LogP contribution in [-0.2, 0) is 25.5 Å². The summed E-state index contributed by atoms with van der Waals surface area (Å²) >= 11 is 7.28. The number of carbonyl (C=O) groups is 3. The molecule has 1 aliphatic rings. The molecule has 0 bridgehead atoms. The summed E-state index contributed by atoms with van der Waals surface area (Å²) in [6, 6.07) is 11.5. The van der Waals surface area contributed by atoms with Gasteiger partial charge in [0, 0.05) is 23.8 Å². The van der Waals surface area contributed by atoms with Crippen LogP contribution in [0.5, 0.6) is 0 Å². The fraction of sp³-hybridized carbons (Fsp3) is 0.320. The number of aromatic nitrogens is 3. The molecule has 1 aromatic heterocycles. The van der Waals surface area contributed by atoms with E-state index in [-0.39, 0.29) is 22.6 Å². The summed E-state index contributed by atoms with van der Waals surface area (Å²) in [4.78, 5) is 39.3. The van der Waals surface area contributed by atoms with Gasteiger partial charge in [0.2, 0.25) is 5.91 Å². The predicted molar refractivity (Wildman–Crippen MR) is 141 cm³/mol. The maximum absolute atomic E-state index is 12.9. The van der Waals surface area contributed by atoms with E-state index in [1.807, 2.05) is 16.7 Å². The van der Waals surface area contributed by atoms with Gasteiger partial charge < -0.3 is 19.5 Å². The highest BCUT2D eigenvalue weighted by molar-refractivity contribution is 7.99. The molecule has 200 valence electrons. The van der Waals surface area contributed by atoms with Gasteiger partial charge in [-0.1, -0.05) is 23.4 Å². The molecular weight excluding hydrogens is 534 g/mol. The number of rotatable bonds is 9. The number of carbonyl (C=O) groups excluding carboxylic acids is 3. The highest BCUT2D eigenvalue weighted by Crippen LogP contribution is 2.25. The molecule has 1 saturated heterocycles. The number of anilines is 1. The smallest absolute Gasteiger partial charge is 0.339 e. The molecule has 1 aliphatic heterocycles. The zero-order valence-corrected chi connectivity index (χ0v) is 22.4. The SMILES string of the molecule is COC(=O)c1ccc(C(=O)OC)c(NC(=O)CSc2nnc(CN3CCOCC3)n2-c2ccc(Cl)cc2)c1. The minimum Gasteiger partial charge on any atom is -0.465 e. The molecule has 0 atom stereocenters. The van der Waals surface area contributed by atoms with Crippen LogP contribution in [-0.4, -0.2) is 83.8 Å². The molecule has 0 aliphatic carbocycles. The zero-order valence-electron chi connectivity index (χ0n) is 20.8. The molecule has 4 rings (SSSR count). The van der Waals surface area contributed by atoms with Crippen molar-refractivity contribution >= 4 is 46.9 Å². The number of halogens is 1. The molecule has 0 saturated carbocycles. The Balaban J connectivity index is 1.54. The first-order valence-electron chi connectivity index (χ1n) is 11.6. The van der Waals surface area contributed by atoms with Crippen LogP contribution in [0.3, 0.4) is 0 Å². The van der Waals surface area contributed by atoms with Crippen LogP contribution in [0, 0.1) is 0 Å². The molecule has 38 heavy (non-hydrogen) atoms. The van der Waals surface area contributed by atoms with E-state index in [1.165, 1.54) is 44.2 Å². The van der Waals surface area contributed by atoms with Crippen LogP contribution < -0.4 is 5.32 Å². The van der Waals surface area contributed by atoms with E-state index in [2.05, 4.69) is 20.4 Å². The Morgan fingerprint density at radius 3 is 2.42 bits per heavy atom. The Morgan fingerprint density at radius 2 is 1.74 bits per heavy atom. The number of hydrogen-bond acceptors (Lipinski definition) is 10. The molecule has 2 heterocycles. The van der Waals surface area contributed by atoms with Crippen LogP contribution in [0.15, 0.2) is 47.6 Å². The monoisotopic (exact) mass is 559 g/mol. The fourth-order valence-corrected chi connectivity index (χ4v) is 4.70. The van der Waals surface area contributed by atoms with E-state index in [0.29, 0.717) is 29.9 Å². The van der Waals surface area contributed by atoms with Crippen LogP contribution in [0.1, 0.15) is 26.5 Å². The Hall–Kier alpha value is -3.45. The van der Waals surface area contributed by atoms with E-state index in [1.54, 1.807) is 12.1 Å². The lowest BCUT2D eigenvalue weighted by Gasteiger charge is -2.26. The minimum atomic E-state index is -0.653. The first-order valence-corrected chi connectivity index (χ1v) is 13.0. The third-order valence-corrected chi connectivity index (χ3v) is 6.89. The average molecular weight is 560 g/mol. The van der Waals surface area contributed by atoms with Crippen molar-refractivity contribution in [2.45, 2.75) is 11.7 Å². The normalized spacial score (nSPS) is 13.7. The van der Waals surface area contributed by atoms with E-state index in [4.69, 9.17) is 25.8 Å². The number of ether oxygens (including phenoxy) is 3. The standard InChI is InChI=1S/C25H26ClN5O6S/c1-35-23(33)16-3-8-19(24(34)36-2)20(13-16)27-22(32)15-38-25-29-28-21(14-30-9-11-37-12-10-30)31(25)18-6-4-17(26)5-7-18/h3-8,13H,9-12,14-15H2,1-2H3,(H,27,32). The van der Waals surface area contributed by atoms with Gasteiger partial charge in [-0.15, -0.1) is 10.2 Å². The van der Waals surface area contributed by atoms with Crippen molar-refractivity contribution in [2.75, 3.05) is 51.6 Å². The van der Waals surface area contributed by atoms with Gasteiger partial charge >= 0.3 is 11.9 Å². The Labute approximate surface area is 228 Å². The summed E-state index contributed by atoms with van der Waals surface area (Å²) in [7, 11) is 2.48. The van der Waals surface area contributed by atoms with Gasteiger partial charge in [0.15, 0.2) is 11.0 Å². The van der Waals surface area contributed by atoms with Gasteiger partial charge in [-0.05, 0) is 42.5 Å². The van der Waals surface area contributed by atoms with E-state index in [0.717, 1.165) is 24.6 Å². The number of thioether (sulfide) groups is 1. The number of nitrogens with one attached hydrogen (secondary N) is 1. The number of benzene rings is 2. The molecule has 1 N–H and O–H groups in total. The van der Waals surface area contributed by atoms with Crippen molar-refractivity contribution in [3.05, 3.63) is 64.4 Å². The number of amides is 1. The lowest BCUT2D eigenvalue weighted by Crippen LogP contribution is -2.36. The van der Waals surface area contributed by atoms with Crippen molar-refractivity contribution in [1.82, 2.24) is 19.7 Å². The predicted octanol–water partition coefficient (Wildman–Crippen LogP) is 3.06. The second kappa shape index (κ2) is 12.9. The summed E-state index contributed by atoms with van der Waals surface area (Å²) in [6.45, 7) is 3.44. The molecule has 13 heteroatoms. The van der Waals surface area contributed by atoms with Crippen molar-refractivity contribution in [1.29, 1.82) is 0 Å². The molecule has 1 fully saturated rings. The molecular formula is C25H26ClN5O6S. The fourth-order valence-electron chi connectivity index (χ4n) is 3.80. The average Bonchev–Trinajstić information content (AvgIpc) is 3.34. The lowest BCUT2D eigenvalue weighted by atomic mass is 10.1. The number of methoxy groups -OCH3 is 2. The third-order valence-electron chi connectivity index (χ3n) is 5.71. The first-order chi connectivity index (χ1) is 18.4. The lowest BCUT2D eigenvalue weighted by molar-refractivity contribution is -0.113. The van der Waals surface area contributed by atoms with Gasteiger partial charge in [-0.2, -0.15) is 0 Å². The van der Waals surface area contributed by atoms with E-state index in [9.17, 15) is 14.4 Å². The summed E-state index contributed by atoms with van der Waals surface area (Å²) in [5.41, 5.74) is 1.23. The van der Waals surface area contributed by atoms with Crippen LogP contribution in [0.2, 0.25) is 5.02 Å². The topological polar surface area (TPSA) is 125 Å². The first kappa shape index (κ1) is 27.6. The minimum absolute atomic E-state index is 0.0354. The van der Waals surface area contributed by atoms with Gasteiger partial charge in [-0.25, -0.2) is 9.59 Å². The van der Waals surface area contributed by atoms with Crippen LogP contribution >= 0.6 is 23.4 Å². The zero-order chi connectivity index (χ0) is 27.1. The van der Waals surface area contributed by atoms with Crippen molar-refractivity contribution in [2.24, 2.45) is 0 Å². The molecule has 3 aromatic rings. The molecule has 0 radical (unpaired) electrons. The van der Waals surface area contributed by atoms with Crippen molar-refractivity contribution in [3.63, 3.8) is 0 Å². The maximum atomic E-state index is 12.9. The Kier molecular flexibility index (Phi) is 9.34. The van der Waals surface area contributed by atoms with Gasteiger partial charge in [-0.3, -0.25) is 14.3 Å². The molecule has 2 aromatic carbocycles. The number of esters is 2. The number of morpholine rings is 1. The summed E-state index contributed by atoms with van der Waals surface area (Å²) in [5.74, 6) is -0.986. The molecule has 11 nitrogen and oxygen atoms in total. The van der Waals surface area contributed by atoms with Crippen LogP contribution in [0.25, 0.3) is 5.69 Å². The molecule has 1 amide bonds. The summed E-state index contributed by atoms with van der Waals surface area (Å²) in [6.07, 6.45) is 0. The quantitative estimate of drug-likeness (QED) is 0.309. The van der Waals surface area contributed by atoms with Gasteiger partial charge in [0.25, 0.3) is 0 Å². The van der Waals surface area contributed by atoms with Crippen molar-refractivity contribution in [3.8, 4) is 5.69 Å². The largest absolute Gasteiger partial charge is 0.465 e. The molecule has 0 unspecified atom stereocenters. The Bertz CT molecular complexity index is 1310. The summed E-state index contributed by atoms with van der Waals surface area (Å²) in [5, 5.41) is 12.5. The second-order valence-electron chi connectivity index (χ2n) is 8.18. The van der Waals surface area contributed by atoms with Crippen molar-refractivity contribution < 1.29 is 28.6 Å². The second-order valence-corrected chi connectivity index (χ2v) is 9.56. The van der Waals surface area contributed by atoms with Gasteiger partial charge in [0.1, 0.15) is 0 Å². The highest BCUT2D eigenvalue weighted by Gasteiger charge is 2.21. The van der Waals surface area contributed by atoms with Gasteiger partial charge in [0.05, 0.1) is 56.5 Å².